The van der Waals surface area contributed by atoms with Crippen LogP contribution in [0.15, 0.2) is 24.0 Å². The third-order valence-corrected chi connectivity index (χ3v) is 3.49. The van der Waals surface area contributed by atoms with Crippen LogP contribution in [-0.2, 0) is 0 Å². The molecule has 0 aromatic rings. The van der Waals surface area contributed by atoms with Crippen LogP contribution in [0.25, 0.3) is 0 Å². The maximum atomic E-state index is 6.12. The van der Waals surface area contributed by atoms with Gasteiger partial charge in [-0.3, -0.25) is 4.90 Å². The van der Waals surface area contributed by atoms with Gasteiger partial charge in [-0.15, -0.1) is 0 Å². The molecule has 2 heterocycles. The molecular formula is C12H21N3. The second kappa shape index (κ2) is 4.27. The molecule has 2 aliphatic rings. The average molecular weight is 207 g/mol. The summed E-state index contributed by atoms with van der Waals surface area (Å²) in [6.07, 6.45) is 9.03. The van der Waals surface area contributed by atoms with Crippen LogP contribution in [0.1, 0.15) is 12.8 Å². The summed E-state index contributed by atoms with van der Waals surface area (Å²) < 4.78 is 0. The Hall–Kier alpha value is -0.960. The van der Waals surface area contributed by atoms with Crippen molar-refractivity contribution in [2.24, 2.45) is 11.7 Å². The molecule has 2 N–H and O–H groups in total. The van der Waals surface area contributed by atoms with E-state index in [0.717, 1.165) is 25.2 Å². The lowest BCUT2D eigenvalue weighted by Crippen LogP contribution is -2.44. The summed E-state index contributed by atoms with van der Waals surface area (Å²) >= 11 is 0. The summed E-state index contributed by atoms with van der Waals surface area (Å²) in [6, 6.07) is 0.503. The molecule has 0 amide bonds. The minimum Gasteiger partial charge on any atom is -0.401 e. The van der Waals surface area contributed by atoms with E-state index in [-0.39, 0.29) is 0 Å². The van der Waals surface area contributed by atoms with E-state index in [1.807, 2.05) is 0 Å². The van der Waals surface area contributed by atoms with Crippen molar-refractivity contribution in [3.63, 3.8) is 0 Å². The molecule has 0 saturated heterocycles. The number of nitrogens with zero attached hydrogens (tertiary/aromatic N) is 2. The summed E-state index contributed by atoms with van der Waals surface area (Å²) in [7, 11) is 4.28. The van der Waals surface area contributed by atoms with Crippen LogP contribution in [0.2, 0.25) is 0 Å². The highest BCUT2D eigenvalue weighted by Gasteiger charge is 2.28. The zero-order valence-corrected chi connectivity index (χ0v) is 9.69. The monoisotopic (exact) mass is 207 g/mol. The topological polar surface area (TPSA) is 32.5 Å². The molecule has 84 valence electrons. The minimum atomic E-state index is 0.503. The molecule has 0 aromatic carbocycles. The summed E-state index contributed by atoms with van der Waals surface area (Å²) in [5.41, 5.74) is 7.16. The molecule has 3 nitrogen and oxygen atoms in total. The fourth-order valence-corrected chi connectivity index (χ4v) is 2.54. The van der Waals surface area contributed by atoms with Crippen LogP contribution < -0.4 is 5.73 Å². The van der Waals surface area contributed by atoms with Crippen LogP contribution in [0.3, 0.4) is 0 Å². The lowest BCUT2D eigenvalue weighted by atomic mass is 9.88. The molecule has 0 spiro atoms. The van der Waals surface area contributed by atoms with Gasteiger partial charge < -0.3 is 10.6 Å². The van der Waals surface area contributed by atoms with Crippen LogP contribution in [0.5, 0.6) is 0 Å². The molecule has 15 heavy (non-hydrogen) atoms. The van der Waals surface area contributed by atoms with Crippen molar-refractivity contribution in [2.75, 3.05) is 27.2 Å². The molecule has 0 bridgehead atoms. The zero-order chi connectivity index (χ0) is 10.8. The quantitative estimate of drug-likeness (QED) is 0.651. The van der Waals surface area contributed by atoms with Crippen molar-refractivity contribution in [2.45, 2.75) is 18.9 Å². The second-order valence-electron chi connectivity index (χ2n) is 4.69. The van der Waals surface area contributed by atoms with Gasteiger partial charge >= 0.3 is 0 Å². The first-order valence-corrected chi connectivity index (χ1v) is 5.73. The van der Waals surface area contributed by atoms with Gasteiger partial charge in [-0.1, -0.05) is 12.2 Å². The highest BCUT2D eigenvalue weighted by atomic mass is 15.1. The average Bonchev–Trinajstić information content (AvgIpc) is 2.20. The fourth-order valence-electron chi connectivity index (χ4n) is 2.54. The molecular weight excluding hydrogens is 186 g/mol. The highest BCUT2D eigenvalue weighted by molar-refractivity contribution is 5.14. The van der Waals surface area contributed by atoms with E-state index in [0.29, 0.717) is 12.0 Å². The van der Waals surface area contributed by atoms with Crippen LogP contribution in [0.4, 0.5) is 0 Å². The van der Waals surface area contributed by atoms with Gasteiger partial charge in [-0.25, -0.2) is 0 Å². The van der Waals surface area contributed by atoms with Crippen molar-refractivity contribution < 1.29 is 0 Å². The summed E-state index contributed by atoms with van der Waals surface area (Å²) in [5.74, 6) is 0.503. The van der Waals surface area contributed by atoms with Crippen molar-refractivity contribution >= 4 is 0 Å². The van der Waals surface area contributed by atoms with Gasteiger partial charge in [-0.05, 0) is 19.9 Å². The predicted octanol–water partition coefficient (Wildman–Crippen LogP) is 0.999. The van der Waals surface area contributed by atoms with Gasteiger partial charge in [0, 0.05) is 44.0 Å². The molecule has 0 saturated carbocycles. The van der Waals surface area contributed by atoms with E-state index in [9.17, 15) is 0 Å². The smallest absolute Gasteiger partial charge is 0.0359 e. The number of hydrogen-bond donors (Lipinski definition) is 1. The first kappa shape index (κ1) is 10.6. The first-order valence-electron chi connectivity index (χ1n) is 5.73. The molecule has 0 aliphatic carbocycles. The SMILES string of the molecule is CN1C=C(N)C(C2C=CCCN2C)CC1. The third-order valence-electron chi connectivity index (χ3n) is 3.49. The molecule has 3 heteroatoms. The maximum absolute atomic E-state index is 6.12. The van der Waals surface area contributed by atoms with E-state index in [2.05, 4.69) is 42.2 Å². The van der Waals surface area contributed by atoms with E-state index in [4.69, 9.17) is 5.73 Å². The van der Waals surface area contributed by atoms with Gasteiger partial charge in [-0.2, -0.15) is 0 Å². The molecule has 0 aromatic heterocycles. The highest BCUT2D eigenvalue weighted by Crippen LogP contribution is 2.26. The molecule has 0 fully saturated rings. The Labute approximate surface area is 92.2 Å². The first-order chi connectivity index (χ1) is 7.18. The standard InChI is InChI=1S/C12H21N3/c1-14-8-6-10(11(13)9-14)12-5-3-4-7-15(12)2/h3,5,9-10,12H,4,6-8,13H2,1-2H3. The number of nitrogens with two attached hydrogens (primary N) is 1. The van der Waals surface area contributed by atoms with E-state index in [1.165, 1.54) is 6.42 Å². The van der Waals surface area contributed by atoms with Crippen molar-refractivity contribution in [1.82, 2.24) is 9.80 Å². The van der Waals surface area contributed by atoms with Gasteiger partial charge in [0.2, 0.25) is 0 Å². The Kier molecular flexibility index (Phi) is 3.00. The van der Waals surface area contributed by atoms with Crippen LogP contribution >= 0.6 is 0 Å². The molecule has 2 unspecified atom stereocenters. The zero-order valence-electron chi connectivity index (χ0n) is 9.69. The van der Waals surface area contributed by atoms with Crippen LogP contribution in [0, 0.1) is 5.92 Å². The second-order valence-corrected chi connectivity index (χ2v) is 4.69. The number of likely N-dealkylation sites (N-methyl/N-ethyl adjacent to an activating group) is 1. The molecule has 2 atom stereocenters. The summed E-state index contributed by atoms with van der Waals surface area (Å²) in [5, 5.41) is 0. The van der Waals surface area contributed by atoms with Crippen molar-refractivity contribution in [3.8, 4) is 0 Å². The van der Waals surface area contributed by atoms with E-state index >= 15 is 0 Å². The van der Waals surface area contributed by atoms with Crippen LogP contribution in [-0.4, -0.2) is 43.0 Å². The Morgan fingerprint density at radius 3 is 2.80 bits per heavy atom. The van der Waals surface area contributed by atoms with Gasteiger partial charge in [0.25, 0.3) is 0 Å². The lowest BCUT2D eigenvalue weighted by molar-refractivity contribution is 0.199. The summed E-state index contributed by atoms with van der Waals surface area (Å²) in [6.45, 7) is 2.27. The van der Waals surface area contributed by atoms with E-state index in [1.54, 1.807) is 0 Å². The third kappa shape index (κ3) is 2.17. The predicted molar refractivity (Wildman–Crippen MR) is 63.2 cm³/mol. The Morgan fingerprint density at radius 2 is 2.13 bits per heavy atom. The van der Waals surface area contributed by atoms with E-state index < -0.39 is 0 Å². The van der Waals surface area contributed by atoms with Crippen molar-refractivity contribution in [1.29, 1.82) is 0 Å². The molecule has 2 rings (SSSR count). The normalized spacial score (nSPS) is 32.9. The Bertz CT molecular complexity index is 283. The van der Waals surface area contributed by atoms with Gasteiger partial charge in [0.1, 0.15) is 0 Å². The molecule has 0 radical (unpaired) electrons. The maximum Gasteiger partial charge on any atom is 0.0359 e. The lowest BCUT2D eigenvalue weighted by Gasteiger charge is -2.38. The molecule has 2 aliphatic heterocycles. The fraction of sp³-hybridized carbons (Fsp3) is 0.667. The largest absolute Gasteiger partial charge is 0.401 e. The number of hydrogen-bond acceptors (Lipinski definition) is 3. The Morgan fingerprint density at radius 1 is 1.33 bits per heavy atom. The minimum absolute atomic E-state index is 0.503. The summed E-state index contributed by atoms with van der Waals surface area (Å²) in [4.78, 5) is 4.59. The van der Waals surface area contributed by atoms with Gasteiger partial charge in [0.15, 0.2) is 0 Å². The number of rotatable bonds is 1. The Balaban J connectivity index is 2.13. The van der Waals surface area contributed by atoms with Gasteiger partial charge in [0.05, 0.1) is 0 Å². The van der Waals surface area contributed by atoms with Crippen molar-refractivity contribution in [3.05, 3.63) is 24.0 Å².